The topological polar surface area (TPSA) is 58.6 Å². The average Bonchev–Trinajstić information content (AvgIpc) is 2.70. The van der Waals surface area contributed by atoms with Gasteiger partial charge in [0.15, 0.2) is 6.61 Å². The fraction of sp³-hybridized carbons (Fsp3) is 0.364. The summed E-state index contributed by atoms with van der Waals surface area (Å²) >= 11 is 5.96. The molecule has 2 amide bonds. The maximum absolute atomic E-state index is 12.9. The first-order chi connectivity index (χ1) is 13.4. The highest BCUT2D eigenvalue weighted by Gasteiger charge is 2.27. The van der Waals surface area contributed by atoms with Crippen LogP contribution in [0.25, 0.3) is 0 Å². The molecule has 2 aromatic rings. The number of rotatable bonds is 9. The van der Waals surface area contributed by atoms with Crippen molar-refractivity contribution in [3.63, 3.8) is 0 Å². The summed E-state index contributed by atoms with van der Waals surface area (Å²) in [6.45, 7) is 5.83. The third kappa shape index (κ3) is 6.57. The Morgan fingerprint density at radius 3 is 2.46 bits per heavy atom. The number of nitrogens with one attached hydrogen (secondary N) is 1. The number of carbonyl (C=O) groups excluding carboxylic acids is 2. The van der Waals surface area contributed by atoms with Crippen LogP contribution in [0, 0.1) is 0 Å². The summed E-state index contributed by atoms with van der Waals surface area (Å²) in [7, 11) is 0. The number of hydrogen-bond donors (Lipinski definition) is 1. The normalized spacial score (nSPS) is 12.7. The lowest BCUT2D eigenvalue weighted by molar-refractivity contribution is -0.142. The summed E-state index contributed by atoms with van der Waals surface area (Å²) in [6, 6.07) is 15.9. The SMILES string of the molecule is CC[C@@H](C)NC(=O)[C@H](C)N(Cc1ccccc1)C(=O)COc1cccc(Cl)c1. The molecule has 2 aromatic carbocycles. The van der Waals surface area contributed by atoms with E-state index < -0.39 is 6.04 Å². The number of amides is 2. The summed E-state index contributed by atoms with van der Waals surface area (Å²) in [5.41, 5.74) is 0.946. The van der Waals surface area contributed by atoms with E-state index in [2.05, 4.69) is 5.32 Å². The second-order valence-electron chi connectivity index (χ2n) is 6.75. The third-order valence-electron chi connectivity index (χ3n) is 4.52. The van der Waals surface area contributed by atoms with Crippen molar-refractivity contribution in [1.29, 1.82) is 0 Å². The van der Waals surface area contributed by atoms with Crippen LogP contribution in [-0.2, 0) is 16.1 Å². The molecule has 0 radical (unpaired) electrons. The zero-order chi connectivity index (χ0) is 20.5. The van der Waals surface area contributed by atoms with Crippen LogP contribution in [0.4, 0.5) is 0 Å². The predicted molar refractivity (Wildman–Crippen MR) is 111 cm³/mol. The van der Waals surface area contributed by atoms with E-state index in [1.54, 1.807) is 31.2 Å². The molecular formula is C22H27ClN2O3. The summed E-state index contributed by atoms with van der Waals surface area (Å²) < 4.78 is 5.59. The minimum Gasteiger partial charge on any atom is -0.484 e. The van der Waals surface area contributed by atoms with Gasteiger partial charge < -0.3 is 15.0 Å². The second-order valence-corrected chi connectivity index (χ2v) is 7.18. The van der Waals surface area contributed by atoms with Crippen LogP contribution < -0.4 is 10.1 Å². The number of benzene rings is 2. The van der Waals surface area contributed by atoms with Crippen LogP contribution in [-0.4, -0.2) is 35.4 Å². The van der Waals surface area contributed by atoms with E-state index in [9.17, 15) is 9.59 Å². The number of halogens is 1. The van der Waals surface area contributed by atoms with Crippen molar-refractivity contribution in [2.24, 2.45) is 0 Å². The number of hydrogen-bond acceptors (Lipinski definition) is 3. The van der Waals surface area contributed by atoms with E-state index >= 15 is 0 Å². The van der Waals surface area contributed by atoms with Gasteiger partial charge in [0.2, 0.25) is 5.91 Å². The minimum atomic E-state index is -0.621. The highest BCUT2D eigenvalue weighted by molar-refractivity contribution is 6.30. The average molecular weight is 403 g/mol. The summed E-state index contributed by atoms with van der Waals surface area (Å²) in [5.74, 6) is 0.0641. The Balaban J connectivity index is 2.11. The maximum Gasteiger partial charge on any atom is 0.261 e. The van der Waals surface area contributed by atoms with Crippen LogP contribution in [0.1, 0.15) is 32.8 Å². The lowest BCUT2D eigenvalue weighted by Crippen LogP contribution is -2.50. The monoisotopic (exact) mass is 402 g/mol. The Hall–Kier alpha value is -2.53. The number of nitrogens with zero attached hydrogens (tertiary/aromatic N) is 1. The Morgan fingerprint density at radius 2 is 1.82 bits per heavy atom. The van der Waals surface area contributed by atoms with E-state index in [0.717, 1.165) is 12.0 Å². The Morgan fingerprint density at radius 1 is 1.11 bits per heavy atom. The quantitative estimate of drug-likeness (QED) is 0.688. The molecule has 5 nitrogen and oxygen atoms in total. The smallest absolute Gasteiger partial charge is 0.261 e. The molecule has 0 fully saturated rings. The Bertz CT molecular complexity index is 782. The van der Waals surface area contributed by atoms with Crippen LogP contribution in [0.3, 0.4) is 0 Å². The number of ether oxygens (including phenoxy) is 1. The Labute approximate surface area is 171 Å². The van der Waals surface area contributed by atoms with Crippen molar-refractivity contribution in [1.82, 2.24) is 10.2 Å². The molecule has 0 aromatic heterocycles. The molecule has 2 rings (SSSR count). The summed E-state index contributed by atoms with van der Waals surface area (Å²) in [6.07, 6.45) is 0.822. The molecule has 0 aliphatic carbocycles. The van der Waals surface area contributed by atoms with E-state index in [0.29, 0.717) is 17.3 Å². The van der Waals surface area contributed by atoms with Crippen LogP contribution >= 0.6 is 11.6 Å². The molecule has 0 unspecified atom stereocenters. The van der Waals surface area contributed by atoms with E-state index in [-0.39, 0.29) is 24.5 Å². The van der Waals surface area contributed by atoms with Crippen molar-refractivity contribution in [2.75, 3.05) is 6.61 Å². The van der Waals surface area contributed by atoms with E-state index in [4.69, 9.17) is 16.3 Å². The van der Waals surface area contributed by atoms with Gasteiger partial charge in [0.05, 0.1) is 0 Å². The van der Waals surface area contributed by atoms with Gasteiger partial charge in [-0.3, -0.25) is 9.59 Å². The molecule has 2 atom stereocenters. The molecule has 0 spiro atoms. The standard InChI is InChI=1S/C22H27ClN2O3/c1-4-16(2)24-22(27)17(3)25(14-18-9-6-5-7-10-18)21(26)15-28-20-12-8-11-19(23)13-20/h5-13,16-17H,4,14-15H2,1-3H3,(H,24,27)/t16-,17+/m1/s1. The molecule has 0 aliphatic rings. The van der Waals surface area contributed by atoms with Crippen LogP contribution in [0.2, 0.25) is 5.02 Å². The molecule has 28 heavy (non-hydrogen) atoms. The molecule has 0 aliphatic heterocycles. The van der Waals surface area contributed by atoms with Gasteiger partial charge in [0, 0.05) is 17.6 Å². The zero-order valence-electron chi connectivity index (χ0n) is 16.5. The molecular weight excluding hydrogens is 376 g/mol. The highest BCUT2D eigenvalue weighted by atomic mass is 35.5. The van der Waals surface area contributed by atoms with Gasteiger partial charge in [-0.25, -0.2) is 0 Å². The van der Waals surface area contributed by atoms with Crippen molar-refractivity contribution in [3.8, 4) is 5.75 Å². The van der Waals surface area contributed by atoms with Crippen molar-refractivity contribution >= 4 is 23.4 Å². The second kappa shape index (κ2) is 10.7. The summed E-state index contributed by atoms with van der Waals surface area (Å²) in [4.78, 5) is 27.0. The molecule has 0 bridgehead atoms. The molecule has 0 saturated carbocycles. The molecule has 150 valence electrons. The van der Waals surface area contributed by atoms with Gasteiger partial charge in [-0.1, -0.05) is 54.9 Å². The lowest BCUT2D eigenvalue weighted by atomic mass is 10.1. The van der Waals surface area contributed by atoms with Crippen molar-refractivity contribution in [3.05, 3.63) is 65.2 Å². The van der Waals surface area contributed by atoms with Gasteiger partial charge in [-0.2, -0.15) is 0 Å². The predicted octanol–water partition coefficient (Wildman–Crippen LogP) is 4.05. The number of carbonyl (C=O) groups is 2. The highest BCUT2D eigenvalue weighted by Crippen LogP contribution is 2.17. The van der Waals surface area contributed by atoms with E-state index in [1.807, 2.05) is 44.2 Å². The summed E-state index contributed by atoms with van der Waals surface area (Å²) in [5, 5.41) is 3.48. The minimum absolute atomic E-state index is 0.0475. The molecule has 1 N–H and O–H groups in total. The fourth-order valence-electron chi connectivity index (χ4n) is 2.61. The van der Waals surface area contributed by atoms with Gasteiger partial charge in [-0.05, 0) is 44.0 Å². The van der Waals surface area contributed by atoms with Crippen LogP contribution in [0.5, 0.6) is 5.75 Å². The van der Waals surface area contributed by atoms with Gasteiger partial charge in [0.1, 0.15) is 11.8 Å². The zero-order valence-corrected chi connectivity index (χ0v) is 17.3. The third-order valence-corrected chi connectivity index (χ3v) is 4.76. The first kappa shape index (κ1) is 21.8. The van der Waals surface area contributed by atoms with Crippen molar-refractivity contribution < 1.29 is 14.3 Å². The fourth-order valence-corrected chi connectivity index (χ4v) is 2.79. The largest absolute Gasteiger partial charge is 0.484 e. The lowest BCUT2D eigenvalue weighted by Gasteiger charge is -2.29. The molecule has 0 saturated heterocycles. The molecule has 6 heteroatoms. The van der Waals surface area contributed by atoms with Crippen molar-refractivity contribution in [2.45, 2.75) is 45.8 Å². The van der Waals surface area contributed by atoms with Gasteiger partial charge >= 0.3 is 0 Å². The van der Waals surface area contributed by atoms with E-state index in [1.165, 1.54) is 4.90 Å². The first-order valence-corrected chi connectivity index (χ1v) is 9.80. The van der Waals surface area contributed by atoms with Gasteiger partial charge in [0.25, 0.3) is 5.91 Å². The first-order valence-electron chi connectivity index (χ1n) is 9.42. The van der Waals surface area contributed by atoms with Crippen LogP contribution in [0.15, 0.2) is 54.6 Å². The van der Waals surface area contributed by atoms with Gasteiger partial charge in [-0.15, -0.1) is 0 Å². The maximum atomic E-state index is 12.9. The Kier molecular flexibility index (Phi) is 8.33. The molecule has 0 heterocycles.